The summed E-state index contributed by atoms with van der Waals surface area (Å²) in [7, 11) is 0. The number of fused-ring (bicyclic) bond motifs is 1. The van der Waals surface area contributed by atoms with E-state index in [9.17, 15) is 28.8 Å². The molecule has 2 aromatic carbocycles. The van der Waals surface area contributed by atoms with E-state index in [-0.39, 0.29) is 41.4 Å². The second-order valence-corrected chi connectivity index (χ2v) is 15.9. The Labute approximate surface area is 369 Å². The number of allylic oxidation sites excluding steroid dienone is 3. The molecule has 0 spiro atoms. The van der Waals surface area contributed by atoms with Crippen LogP contribution in [0.4, 0.5) is 5.69 Å². The van der Waals surface area contributed by atoms with Crippen LogP contribution in [0.3, 0.4) is 0 Å². The molecular formula is C46H52N10O8. The quantitative estimate of drug-likeness (QED) is 0.0300. The van der Waals surface area contributed by atoms with E-state index in [1.165, 1.54) is 30.0 Å². The lowest BCUT2D eigenvalue weighted by Crippen LogP contribution is -2.54. The Kier molecular flexibility index (Phi) is 14.7. The van der Waals surface area contributed by atoms with Crippen LogP contribution in [0.2, 0.25) is 0 Å². The standard InChI is InChI=1S/C46H52N10O8/c1-3-30(23-37(48-2)50-25-29-12-13-29)44-52-35(27-64-44)42(59)51-34-26-55(54-40(34)41(47)58)32-16-14-28(15-17-32)24-49-20-5-4-6-21-63-22-8-10-31-9-7-11-33-39(31)46(62)56(45(33)61)36-18-19-38(57)53-43(36)60/h3,7,9,11,14-17,23,26-27,29,36,49-50H,2,4-6,8,10,12-13,18-22,24-25H2,1H3,(H2,47,58)(H,51,59)(H,53,57,60)/b30-3+,37-23+. The van der Waals surface area contributed by atoms with Gasteiger partial charge in [-0.1, -0.05) is 30.3 Å². The van der Waals surface area contributed by atoms with Gasteiger partial charge in [-0.15, -0.1) is 0 Å². The smallest absolute Gasteiger partial charge is 0.277 e. The van der Waals surface area contributed by atoms with Crippen molar-refractivity contribution in [2.24, 2.45) is 16.6 Å². The monoisotopic (exact) mass is 872 g/mol. The van der Waals surface area contributed by atoms with Crippen LogP contribution in [-0.4, -0.2) is 94.2 Å². The molecule has 0 bridgehead atoms. The van der Waals surface area contributed by atoms with Gasteiger partial charge >= 0.3 is 0 Å². The van der Waals surface area contributed by atoms with Gasteiger partial charge in [0.05, 0.1) is 28.7 Å². The number of imide groups is 2. The molecule has 2 aliphatic heterocycles. The van der Waals surface area contributed by atoms with E-state index in [1.54, 1.807) is 24.3 Å². The molecule has 1 unspecified atom stereocenters. The number of anilines is 1. The molecular weight excluding hydrogens is 821 g/mol. The molecule has 18 nitrogen and oxygen atoms in total. The molecule has 18 heteroatoms. The molecule has 1 atom stereocenters. The third-order valence-corrected chi connectivity index (χ3v) is 11.2. The van der Waals surface area contributed by atoms with Gasteiger partial charge in [0.25, 0.3) is 23.6 Å². The summed E-state index contributed by atoms with van der Waals surface area (Å²) in [5, 5.41) is 16.0. The second-order valence-electron chi connectivity index (χ2n) is 15.9. The molecule has 4 heterocycles. The largest absolute Gasteiger partial charge is 0.444 e. The Morgan fingerprint density at radius 2 is 1.83 bits per heavy atom. The summed E-state index contributed by atoms with van der Waals surface area (Å²) in [5.74, 6) is -2.01. The molecule has 2 aromatic heterocycles. The number of carbonyl (C=O) groups is 6. The minimum Gasteiger partial charge on any atom is -0.444 e. The Hall–Kier alpha value is -7.05. The minimum atomic E-state index is -0.991. The Morgan fingerprint density at radius 3 is 2.56 bits per heavy atom. The molecule has 6 N–H and O–H groups in total. The maximum Gasteiger partial charge on any atom is 0.277 e. The van der Waals surface area contributed by atoms with E-state index < -0.39 is 41.5 Å². The zero-order valence-corrected chi connectivity index (χ0v) is 35.7. The van der Waals surface area contributed by atoms with Crippen LogP contribution in [0.5, 0.6) is 0 Å². The van der Waals surface area contributed by atoms with Crippen LogP contribution >= 0.6 is 0 Å². The van der Waals surface area contributed by atoms with Gasteiger partial charge in [0.2, 0.25) is 17.7 Å². The van der Waals surface area contributed by atoms with Crippen LogP contribution < -0.4 is 27.0 Å². The highest BCUT2D eigenvalue weighted by molar-refractivity contribution is 6.24. The van der Waals surface area contributed by atoms with Gasteiger partial charge in [0, 0.05) is 38.3 Å². The number of amides is 6. The first kappa shape index (κ1) is 45.0. The maximum absolute atomic E-state index is 13.3. The normalized spacial score (nSPS) is 16.5. The number of oxazole rings is 1. The predicted molar refractivity (Wildman–Crippen MR) is 236 cm³/mol. The number of ether oxygens (including phenoxy) is 1. The van der Waals surface area contributed by atoms with E-state index in [2.05, 4.69) is 43.1 Å². The van der Waals surface area contributed by atoms with Crippen LogP contribution in [0.25, 0.3) is 11.3 Å². The van der Waals surface area contributed by atoms with Crippen molar-refractivity contribution in [2.45, 2.75) is 77.3 Å². The molecule has 7 rings (SSSR count). The van der Waals surface area contributed by atoms with Gasteiger partial charge in [-0.25, -0.2) is 14.7 Å². The maximum atomic E-state index is 13.3. The van der Waals surface area contributed by atoms with E-state index in [0.29, 0.717) is 61.2 Å². The molecule has 4 aromatic rings. The van der Waals surface area contributed by atoms with Gasteiger partial charge in [-0.2, -0.15) is 5.10 Å². The van der Waals surface area contributed by atoms with E-state index >= 15 is 0 Å². The summed E-state index contributed by atoms with van der Waals surface area (Å²) < 4.78 is 12.9. The lowest BCUT2D eigenvalue weighted by molar-refractivity contribution is -0.136. The number of primary amides is 1. The zero-order chi connectivity index (χ0) is 45.2. The highest BCUT2D eigenvalue weighted by Gasteiger charge is 2.45. The third-order valence-electron chi connectivity index (χ3n) is 11.2. The molecule has 3 aliphatic rings. The summed E-state index contributed by atoms with van der Waals surface area (Å²) in [6, 6.07) is 11.8. The topological polar surface area (TPSA) is 245 Å². The van der Waals surface area contributed by atoms with Crippen molar-refractivity contribution in [2.75, 3.05) is 31.6 Å². The summed E-state index contributed by atoms with van der Waals surface area (Å²) in [6.07, 6.45) is 12.9. The first-order valence-corrected chi connectivity index (χ1v) is 21.5. The number of nitrogens with two attached hydrogens (primary N) is 1. The number of aryl methyl sites for hydroxylation is 1. The third kappa shape index (κ3) is 10.9. The predicted octanol–water partition coefficient (Wildman–Crippen LogP) is 4.47. The van der Waals surface area contributed by atoms with E-state index in [1.807, 2.05) is 37.3 Å². The van der Waals surface area contributed by atoms with Crippen molar-refractivity contribution in [1.29, 1.82) is 0 Å². The fourth-order valence-electron chi connectivity index (χ4n) is 7.51. The fraction of sp³-hybridized carbons (Fsp3) is 0.370. The molecule has 64 heavy (non-hydrogen) atoms. The number of unbranched alkanes of at least 4 members (excludes halogenated alkanes) is 2. The number of rotatable bonds is 23. The lowest BCUT2D eigenvalue weighted by atomic mass is 9.99. The fourth-order valence-corrected chi connectivity index (χ4v) is 7.51. The number of nitrogens with one attached hydrogen (secondary N) is 4. The van der Waals surface area contributed by atoms with Gasteiger partial charge in [-0.3, -0.25) is 39.0 Å². The second kappa shape index (κ2) is 20.9. The zero-order valence-electron chi connectivity index (χ0n) is 35.7. The minimum absolute atomic E-state index is 0.00111. The van der Waals surface area contributed by atoms with E-state index in [0.717, 1.165) is 48.4 Å². The SMILES string of the molecule is C=N/C(=C\C(=C/C)c1nc(C(=O)Nc2cn(-c3ccc(CNCCCCCOCCCc4cccc5c4C(=O)N(C4CCC(=O)NC4=O)C5=O)cc3)nc2C(N)=O)co1)NCC1CC1. The van der Waals surface area contributed by atoms with Gasteiger partial charge in [0.15, 0.2) is 11.4 Å². The highest BCUT2D eigenvalue weighted by Crippen LogP contribution is 2.31. The molecule has 1 aliphatic carbocycles. The van der Waals surface area contributed by atoms with Crippen molar-refractivity contribution < 1.29 is 37.9 Å². The number of aliphatic imine (C=N–C) groups is 1. The molecule has 334 valence electrons. The molecule has 6 amide bonds. The van der Waals surface area contributed by atoms with Crippen LogP contribution in [-0.2, 0) is 27.3 Å². The first-order valence-electron chi connectivity index (χ1n) is 21.5. The number of aromatic nitrogens is 3. The van der Waals surface area contributed by atoms with Crippen molar-refractivity contribution >= 4 is 53.4 Å². The van der Waals surface area contributed by atoms with Gasteiger partial charge in [-0.05, 0) is 113 Å². The number of piperidine rings is 1. The Balaban J connectivity index is 0.801. The van der Waals surface area contributed by atoms with Crippen molar-refractivity contribution in [3.05, 3.63) is 112 Å². The van der Waals surface area contributed by atoms with Crippen molar-refractivity contribution in [3.8, 4) is 5.69 Å². The summed E-state index contributed by atoms with van der Waals surface area (Å²) >= 11 is 0. The number of hydrogen-bond acceptors (Lipinski definition) is 13. The average molecular weight is 873 g/mol. The average Bonchev–Trinajstić information content (AvgIpc) is 3.70. The first-order chi connectivity index (χ1) is 31.0. The molecule has 1 saturated carbocycles. The van der Waals surface area contributed by atoms with Gasteiger partial charge < -0.3 is 30.8 Å². The number of benzene rings is 2. The molecule has 1 saturated heterocycles. The van der Waals surface area contributed by atoms with Crippen LogP contribution in [0.1, 0.15) is 117 Å². The number of nitrogens with zero attached hydrogens (tertiary/aromatic N) is 5. The highest BCUT2D eigenvalue weighted by atomic mass is 16.5. The Morgan fingerprint density at radius 1 is 1.03 bits per heavy atom. The summed E-state index contributed by atoms with van der Waals surface area (Å²) in [4.78, 5) is 85.3. The van der Waals surface area contributed by atoms with Crippen LogP contribution in [0, 0.1) is 5.92 Å². The number of hydrogen-bond donors (Lipinski definition) is 5. The van der Waals surface area contributed by atoms with Crippen LogP contribution in [0.15, 0.2) is 82.3 Å². The van der Waals surface area contributed by atoms with Crippen molar-refractivity contribution in [3.63, 3.8) is 0 Å². The van der Waals surface area contributed by atoms with E-state index in [4.69, 9.17) is 14.9 Å². The lowest BCUT2D eigenvalue weighted by Gasteiger charge is -2.27. The number of carbonyl (C=O) groups excluding carboxylic acids is 6. The molecule has 2 fully saturated rings. The summed E-state index contributed by atoms with van der Waals surface area (Å²) in [6.45, 7) is 8.84. The van der Waals surface area contributed by atoms with Gasteiger partial charge in [0.1, 0.15) is 18.1 Å². The molecule has 0 radical (unpaired) electrons. The summed E-state index contributed by atoms with van der Waals surface area (Å²) in [5.41, 5.74) is 9.31. The van der Waals surface area contributed by atoms with Crippen molar-refractivity contribution in [1.82, 2.24) is 35.6 Å². The Bertz CT molecular complexity index is 2480.